The standard InChI is InChI=1S/C3H6N6.CH5N.H3O4P/c4-1-7-2(5)9-3(6)8-1;1-2;1-5(2,3)4/h(H6,4,5,6,7,8,9);2H2,1H3;(H3,1,2,3,4). The molecular weight excluding hydrogens is 241 g/mol. The first-order chi connectivity index (χ1) is 7.18. The van der Waals surface area contributed by atoms with Crippen LogP contribution in [0, 0.1) is 0 Å². The summed E-state index contributed by atoms with van der Waals surface area (Å²) in [6, 6.07) is 0. The summed E-state index contributed by atoms with van der Waals surface area (Å²) in [5, 5.41) is 0. The van der Waals surface area contributed by atoms with Gasteiger partial charge in [-0.1, -0.05) is 0 Å². The van der Waals surface area contributed by atoms with Crippen molar-refractivity contribution in [2.75, 3.05) is 24.2 Å². The summed E-state index contributed by atoms with van der Waals surface area (Å²) >= 11 is 0. The lowest BCUT2D eigenvalue weighted by molar-refractivity contribution is 0.275. The molecule has 1 rings (SSSR count). The first-order valence-corrected chi connectivity index (χ1v) is 5.13. The van der Waals surface area contributed by atoms with Crippen molar-refractivity contribution in [3.05, 3.63) is 0 Å². The number of hydrogen-bond acceptors (Lipinski definition) is 8. The normalized spacial score (nSPS) is 9.31. The van der Waals surface area contributed by atoms with Crippen LogP contribution in [0.15, 0.2) is 0 Å². The highest BCUT2D eigenvalue weighted by Gasteiger charge is 2.00. The summed E-state index contributed by atoms with van der Waals surface area (Å²) in [6.07, 6.45) is 0. The number of aromatic nitrogens is 3. The van der Waals surface area contributed by atoms with Gasteiger partial charge in [0.1, 0.15) is 0 Å². The van der Waals surface area contributed by atoms with Gasteiger partial charge >= 0.3 is 7.82 Å². The lowest BCUT2D eigenvalue weighted by atomic mass is 10.9. The largest absolute Gasteiger partial charge is 0.466 e. The number of phosphoric acid groups is 1. The van der Waals surface area contributed by atoms with Crippen LogP contribution < -0.4 is 22.9 Å². The Hall–Kier alpha value is -1.52. The van der Waals surface area contributed by atoms with Crippen LogP contribution in [-0.2, 0) is 4.57 Å². The average Bonchev–Trinajstić information content (AvgIpc) is 2.01. The van der Waals surface area contributed by atoms with Crippen molar-refractivity contribution >= 4 is 25.7 Å². The third kappa shape index (κ3) is 15.0. The zero-order valence-electron chi connectivity index (χ0n) is 8.35. The van der Waals surface area contributed by atoms with Gasteiger partial charge in [0.25, 0.3) is 0 Å². The van der Waals surface area contributed by atoms with Gasteiger partial charge in [-0.3, -0.25) is 0 Å². The molecule has 0 aliphatic rings. The lowest BCUT2D eigenvalue weighted by Gasteiger charge is -1.93. The van der Waals surface area contributed by atoms with Gasteiger partial charge in [-0.2, -0.15) is 15.0 Å². The molecule has 1 aromatic heterocycles. The summed E-state index contributed by atoms with van der Waals surface area (Å²) < 4.78 is 8.88. The fourth-order valence-corrected chi connectivity index (χ4v) is 0.427. The van der Waals surface area contributed by atoms with Crippen LogP contribution in [0.25, 0.3) is 0 Å². The van der Waals surface area contributed by atoms with Crippen LogP contribution in [0.4, 0.5) is 17.8 Å². The van der Waals surface area contributed by atoms with Crippen molar-refractivity contribution in [2.45, 2.75) is 0 Å². The Balaban J connectivity index is 0. The Morgan fingerprint density at radius 1 is 0.875 bits per heavy atom. The van der Waals surface area contributed by atoms with E-state index in [1.807, 2.05) is 0 Å². The van der Waals surface area contributed by atoms with Gasteiger partial charge in [0.05, 0.1) is 0 Å². The topological polar surface area (TPSA) is 221 Å². The minimum absolute atomic E-state index is 0.0417. The van der Waals surface area contributed by atoms with E-state index in [0.29, 0.717) is 0 Å². The highest BCUT2D eigenvalue weighted by atomic mass is 31.2. The molecule has 0 aliphatic carbocycles. The minimum atomic E-state index is -4.64. The van der Waals surface area contributed by atoms with Crippen molar-refractivity contribution in [1.82, 2.24) is 15.0 Å². The number of hydrogen-bond donors (Lipinski definition) is 7. The maximum Gasteiger partial charge on any atom is 0.466 e. The molecule has 0 bridgehead atoms. The van der Waals surface area contributed by atoms with Crippen LogP contribution in [0.5, 0.6) is 0 Å². The van der Waals surface area contributed by atoms with Crippen LogP contribution >= 0.6 is 7.82 Å². The summed E-state index contributed by atoms with van der Waals surface area (Å²) in [5.41, 5.74) is 19.9. The number of nitrogens with two attached hydrogens (primary N) is 4. The molecule has 11 N–H and O–H groups in total. The van der Waals surface area contributed by atoms with Gasteiger partial charge in [0.2, 0.25) is 17.8 Å². The van der Waals surface area contributed by atoms with E-state index in [1.165, 1.54) is 7.05 Å². The van der Waals surface area contributed by atoms with Gasteiger partial charge in [-0.05, 0) is 7.05 Å². The molecule has 0 aliphatic heterocycles. The van der Waals surface area contributed by atoms with Gasteiger partial charge in [-0.15, -0.1) is 0 Å². The monoisotopic (exact) mass is 255 g/mol. The second-order valence-electron chi connectivity index (χ2n) is 1.92. The Labute approximate surface area is 90.8 Å². The number of anilines is 3. The zero-order chi connectivity index (χ0) is 13.4. The SMILES string of the molecule is CN.Nc1nc(N)nc(N)n1.O=P(O)(O)O. The molecular formula is C4H14N7O4P. The molecule has 0 spiro atoms. The smallest absolute Gasteiger partial charge is 0.368 e. The number of nitrogen functional groups attached to an aromatic ring is 3. The summed E-state index contributed by atoms with van der Waals surface area (Å²) in [5.74, 6) is 0.125. The van der Waals surface area contributed by atoms with E-state index in [4.69, 9.17) is 36.4 Å². The fourth-order valence-electron chi connectivity index (χ4n) is 0.427. The van der Waals surface area contributed by atoms with Gasteiger partial charge in [0.15, 0.2) is 0 Å². The Morgan fingerprint density at radius 2 is 1.00 bits per heavy atom. The zero-order valence-corrected chi connectivity index (χ0v) is 9.24. The van der Waals surface area contributed by atoms with Crippen LogP contribution in [0.3, 0.4) is 0 Å². The Bertz CT molecular complexity index is 295. The minimum Gasteiger partial charge on any atom is -0.368 e. The quantitative estimate of drug-likeness (QED) is 0.235. The van der Waals surface area contributed by atoms with Crippen LogP contribution in [0.1, 0.15) is 0 Å². The van der Waals surface area contributed by atoms with E-state index in [1.54, 1.807) is 0 Å². The third-order valence-corrected chi connectivity index (χ3v) is 0.687. The third-order valence-electron chi connectivity index (χ3n) is 0.687. The highest BCUT2D eigenvalue weighted by molar-refractivity contribution is 7.45. The van der Waals surface area contributed by atoms with E-state index in [0.717, 1.165) is 0 Å². The second kappa shape index (κ2) is 7.73. The predicted octanol–water partition coefficient (Wildman–Crippen LogP) is -2.74. The maximum atomic E-state index is 8.88. The molecule has 0 saturated heterocycles. The van der Waals surface area contributed by atoms with E-state index >= 15 is 0 Å². The molecule has 0 aromatic carbocycles. The molecule has 0 amide bonds. The van der Waals surface area contributed by atoms with E-state index < -0.39 is 7.82 Å². The molecule has 94 valence electrons. The van der Waals surface area contributed by atoms with Crippen molar-refractivity contribution in [3.8, 4) is 0 Å². The summed E-state index contributed by atoms with van der Waals surface area (Å²) in [4.78, 5) is 32.0. The first-order valence-electron chi connectivity index (χ1n) is 3.57. The second-order valence-corrected chi connectivity index (χ2v) is 2.95. The molecule has 16 heavy (non-hydrogen) atoms. The molecule has 1 heterocycles. The van der Waals surface area contributed by atoms with Crippen molar-refractivity contribution in [3.63, 3.8) is 0 Å². The van der Waals surface area contributed by atoms with Crippen molar-refractivity contribution in [1.29, 1.82) is 0 Å². The fraction of sp³-hybridized carbons (Fsp3) is 0.250. The van der Waals surface area contributed by atoms with Gasteiger partial charge in [0, 0.05) is 0 Å². The number of nitrogens with zero attached hydrogens (tertiary/aromatic N) is 3. The Morgan fingerprint density at radius 3 is 1.12 bits per heavy atom. The highest BCUT2D eigenvalue weighted by Crippen LogP contribution is 2.25. The predicted molar refractivity (Wildman–Crippen MR) is 57.4 cm³/mol. The summed E-state index contributed by atoms with van der Waals surface area (Å²) in [6.45, 7) is 0. The average molecular weight is 255 g/mol. The molecule has 0 radical (unpaired) electrons. The van der Waals surface area contributed by atoms with Gasteiger partial charge < -0.3 is 37.6 Å². The Kier molecular flexibility index (Phi) is 8.16. The van der Waals surface area contributed by atoms with Gasteiger partial charge in [-0.25, -0.2) is 4.57 Å². The molecule has 0 fully saturated rings. The molecule has 0 atom stereocenters. The van der Waals surface area contributed by atoms with E-state index in [-0.39, 0.29) is 17.8 Å². The van der Waals surface area contributed by atoms with Crippen molar-refractivity contribution in [2.24, 2.45) is 5.73 Å². The first kappa shape index (κ1) is 16.9. The van der Waals surface area contributed by atoms with E-state index in [2.05, 4.69) is 20.7 Å². The number of rotatable bonds is 0. The van der Waals surface area contributed by atoms with Crippen molar-refractivity contribution < 1.29 is 19.2 Å². The lowest BCUT2D eigenvalue weighted by Crippen LogP contribution is -2.05. The molecule has 0 saturated carbocycles. The van der Waals surface area contributed by atoms with Crippen LogP contribution in [-0.4, -0.2) is 36.7 Å². The summed E-state index contributed by atoms with van der Waals surface area (Å²) in [7, 11) is -3.14. The molecule has 0 unspecified atom stereocenters. The van der Waals surface area contributed by atoms with Crippen LogP contribution in [0.2, 0.25) is 0 Å². The maximum absolute atomic E-state index is 8.88. The molecule has 12 heteroatoms. The van der Waals surface area contributed by atoms with E-state index in [9.17, 15) is 0 Å². The molecule has 1 aromatic rings. The molecule has 11 nitrogen and oxygen atoms in total.